The molecule has 2 aromatic carbocycles. The molecule has 0 fully saturated rings. The average Bonchev–Trinajstić information content (AvgIpc) is 2.75. The van der Waals surface area contributed by atoms with E-state index in [1.54, 1.807) is 30.3 Å². The lowest BCUT2D eigenvalue weighted by Crippen LogP contribution is -2.17. The van der Waals surface area contributed by atoms with Gasteiger partial charge in [0.05, 0.1) is 5.56 Å². The van der Waals surface area contributed by atoms with Crippen molar-refractivity contribution in [3.05, 3.63) is 59.2 Å². The van der Waals surface area contributed by atoms with E-state index in [0.717, 1.165) is 5.56 Å². The van der Waals surface area contributed by atoms with E-state index >= 15 is 0 Å². The summed E-state index contributed by atoms with van der Waals surface area (Å²) in [4.78, 5) is -0.0511. The van der Waals surface area contributed by atoms with Crippen molar-refractivity contribution >= 4 is 11.8 Å². The van der Waals surface area contributed by atoms with E-state index in [1.807, 2.05) is 0 Å². The maximum atomic E-state index is 13.6. The van der Waals surface area contributed by atoms with E-state index in [0.29, 0.717) is 0 Å². The Hall–Kier alpha value is -1.73. The number of aliphatic hydroxyl groups excluding tert-OH is 1. The highest BCUT2D eigenvalue weighted by atomic mass is 32.2. The average molecular weight is 344 g/mol. The number of rotatable bonds is 4. The van der Waals surface area contributed by atoms with Crippen LogP contribution in [0, 0.1) is 0 Å². The van der Waals surface area contributed by atoms with Crippen LogP contribution in [0.2, 0.25) is 0 Å². The van der Waals surface area contributed by atoms with Gasteiger partial charge in [-0.25, -0.2) is 8.78 Å². The Balaban J connectivity index is 1.95. The van der Waals surface area contributed by atoms with Gasteiger partial charge in [-0.05, 0) is 29.5 Å². The second-order valence-electron chi connectivity index (χ2n) is 5.03. The molecule has 1 unspecified atom stereocenters. The Morgan fingerprint density at radius 3 is 2.48 bits per heavy atom. The molecule has 0 saturated heterocycles. The number of fused-ring (bicyclic) bond motifs is 1. The first kappa shape index (κ1) is 16.1. The van der Waals surface area contributed by atoms with Crippen molar-refractivity contribution in [3.8, 4) is 5.75 Å². The van der Waals surface area contributed by atoms with Gasteiger partial charge >= 0.3 is 5.25 Å². The molecule has 1 N–H and O–H groups in total. The molecule has 7 heteroatoms. The second kappa shape index (κ2) is 6.05. The van der Waals surface area contributed by atoms with Crippen LogP contribution >= 0.6 is 11.8 Å². The lowest BCUT2D eigenvalue weighted by molar-refractivity contribution is -0.0328. The predicted octanol–water partition coefficient (Wildman–Crippen LogP) is 4.94. The molecule has 0 radical (unpaired) electrons. The number of aliphatic hydroxyl groups is 1. The summed E-state index contributed by atoms with van der Waals surface area (Å²) in [7, 11) is 0. The highest BCUT2D eigenvalue weighted by Gasteiger charge is 2.50. The third-order valence-electron chi connectivity index (χ3n) is 3.50. The molecule has 1 aliphatic heterocycles. The molecule has 0 aliphatic carbocycles. The number of hydrogen-bond acceptors (Lipinski definition) is 3. The van der Waals surface area contributed by atoms with Gasteiger partial charge in [-0.1, -0.05) is 30.3 Å². The predicted molar refractivity (Wildman–Crippen MR) is 77.9 cm³/mol. The van der Waals surface area contributed by atoms with Crippen LogP contribution in [-0.4, -0.2) is 10.4 Å². The molecule has 0 amide bonds. The highest BCUT2D eigenvalue weighted by molar-refractivity contribution is 8.00. The number of hydrogen-bond donors (Lipinski definition) is 1. The van der Waals surface area contributed by atoms with Gasteiger partial charge in [-0.15, -0.1) is 0 Å². The molecule has 0 aromatic heterocycles. The van der Waals surface area contributed by atoms with E-state index in [4.69, 9.17) is 4.74 Å². The van der Waals surface area contributed by atoms with Crippen LogP contribution in [0.25, 0.3) is 0 Å². The summed E-state index contributed by atoms with van der Waals surface area (Å²) in [6, 6.07) is 11.4. The maximum absolute atomic E-state index is 13.6. The quantitative estimate of drug-likeness (QED) is 0.797. The minimum absolute atomic E-state index is 0.0268. The summed E-state index contributed by atoms with van der Waals surface area (Å²) in [5, 5.41) is 6.17. The van der Waals surface area contributed by atoms with Crippen molar-refractivity contribution < 1.29 is 27.4 Å². The normalized spacial score (nSPS) is 19.0. The first-order valence-corrected chi connectivity index (χ1v) is 7.58. The number of alkyl halides is 4. The van der Waals surface area contributed by atoms with Crippen LogP contribution < -0.4 is 4.74 Å². The first-order valence-electron chi connectivity index (χ1n) is 6.76. The first-order chi connectivity index (χ1) is 10.9. The van der Waals surface area contributed by atoms with Gasteiger partial charge in [0.15, 0.2) is 6.10 Å². The fraction of sp³-hybridized carbons (Fsp3) is 0.250. The molecule has 2 nitrogen and oxygen atoms in total. The summed E-state index contributed by atoms with van der Waals surface area (Å²) in [5.41, 5.74) is -0.357. The van der Waals surface area contributed by atoms with Crippen LogP contribution in [-0.2, 0) is 6.61 Å². The Morgan fingerprint density at radius 2 is 1.83 bits per heavy atom. The maximum Gasteiger partial charge on any atom is 0.327 e. The molecule has 1 atom stereocenters. The fourth-order valence-electron chi connectivity index (χ4n) is 2.42. The van der Waals surface area contributed by atoms with Crippen LogP contribution in [0.3, 0.4) is 0 Å². The molecule has 0 spiro atoms. The van der Waals surface area contributed by atoms with E-state index in [9.17, 15) is 22.7 Å². The molecule has 1 aliphatic rings. The molecule has 122 valence electrons. The van der Waals surface area contributed by atoms with Crippen molar-refractivity contribution in [2.75, 3.05) is 0 Å². The van der Waals surface area contributed by atoms with Gasteiger partial charge < -0.3 is 9.84 Å². The zero-order valence-electron chi connectivity index (χ0n) is 11.7. The van der Waals surface area contributed by atoms with Crippen molar-refractivity contribution in [2.45, 2.75) is 29.3 Å². The Kier molecular flexibility index (Phi) is 4.25. The van der Waals surface area contributed by atoms with E-state index in [2.05, 4.69) is 0 Å². The van der Waals surface area contributed by atoms with Crippen LogP contribution in [0.4, 0.5) is 17.6 Å². The lowest BCUT2D eigenvalue weighted by Gasteiger charge is -2.17. The van der Waals surface area contributed by atoms with Gasteiger partial charge in [0, 0.05) is 10.5 Å². The number of benzene rings is 2. The Bertz CT molecular complexity index is 707. The van der Waals surface area contributed by atoms with Crippen molar-refractivity contribution in [1.29, 1.82) is 0 Å². The van der Waals surface area contributed by atoms with Crippen molar-refractivity contribution in [3.63, 3.8) is 0 Å². The highest BCUT2D eigenvalue weighted by Crippen LogP contribution is 2.57. The number of ether oxygens (including phenoxy) is 1. The number of halogens is 4. The molecule has 2 aromatic rings. The van der Waals surface area contributed by atoms with Gasteiger partial charge in [0.25, 0.3) is 6.43 Å². The molecule has 0 bridgehead atoms. The summed E-state index contributed by atoms with van der Waals surface area (Å²) < 4.78 is 59.3. The summed E-state index contributed by atoms with van der Waals surface area (Å²) >= 11 is 0.0840. The smallest absolute Gasteiger partial charge is 0.327 e. The minimum Gasteiger partial charge on any atom is -0.488 e. The van der Waals surface area contributed by atoms with Gasteiger partial charge in [-0.3, -0.25) is 0 Å². The minimum atomic E-state index is -3.52. The second-order valence-corrected chi connectivity index (χ2v) is 6.22. The topological polar surface area (TPSA) is 29.5 Å². The Labute approximate surface area is 134 Å². The summed E-state index contributed by atoms with van der Waals surface area (Å²) in [6.45, 7) is 0.0268. The van der Waals surface area contributed by atoms with Gasteiger partial charge in [0.1, 0.15) is 12.4 Å². The van der Waals surface area contributed by atoms with Gasteiger partial charge in [0.2, 0.25) is 0 Å². The van der Waals surface area contributed by atoms with Crippen molar-refractivity contribution in [1.82, 2.24) is 0 Å². The molecule has 23 heavy (non-hydrogen) atoms. The Morgan fingerprint density at radius 1 is 1.13 bits per heavy atom. The van der Waals surface area contributed by atoms with Crippen LogP contribution in [0.15, 0.2) is 47.4 Å². The standard InChI is InChI=1S/C16H12F4O2S/c17-15(18)12-10(22-8-9-4-2-1-3-5-9)6-7-11-13(12)14(21)16(19,20)23-11/h1-7,14-15,21H,8H2. The molecule has 0 saturated carbocycles. The van der Waals surface area contributed by atoms with Gasteiger partial charge in [-0.2, -0.15) is 8.78 Å². The fourth-order valence-corrected chi connectivity index (χ4v) is 3.41. The molecule has 3 rings (SSSR count). The summed E-state index contributed by atoms with van der Waals surface area (Å²) in [6.07, 6.45) is -5.30. The molecular weight excluding hydrogens is 332 g/mol. The molecule has 1 heterocycles. The van der Waals surface area contributed by atoms with Crippen molar-refractivity contribution in [2.24, 2.45) is 0 Å². The largest absolute Gasteiger partial charge is 0.488 e. The zero-order chi connectivity index (χ0) is 16.6. The van der Waals surface area contributed by atoms with Crippen LogP contribution in [0.1, 0.15) is 29.2 Å². The van der Waals surface area contributed by atoms with E-state index in [1.165, 1.54) is 12.1 Å². The third-order valence-corrected chi connectivity index (χ3v) is 4.57. The summed E-state index contributed by atoms with van der Waals surface area (Å²) in [5.74, 6) is -0.194. The monoisotopic (exact) mass is 344 g/mol. The molecular formula is C16H12F4O2S. The zero-order valence-corrected chi connectivity index (χ0v) is 12.5. The lowest BCUT2D eigenvalue weighted by atomic mass is 10.0. The van der Waals surface area contributed by atoms with Crippen LogP contribution in [0.5, 0.6) is 5.75 Å². The van der Waals surface area contributed by atoms with E-state index in [-0.39, 0.29) is 29.0 Å². The third kappa shape index (κ3) is 3.03. The number of thioether (sulfide) groups is 1. The SMILES string of the molecule is OC1c2c(ccc(OCc3ccccc3)c2C(F)F)SC1(F)F. The van der Waals surface area contributed by atoms with E-state index < -0.39 is 28.9 Å².